The lowest BCUT2D eigenvalue weighted by molar-refractivity contribution is -0.614. The summed E-state index contributed by atoms with van der Waals surface area (Å²) in [6.45, 7) is 5.28. The minimum absolute atomic E-state index is 0.0189. The predicted octanol–water partition coefficient (Wildman–Crippen LogP) is 7.87. The molecule has 1 atom stereocenters. The van der Waals surface area contributed by atoms with Gasteiger partial charge in [-0.05, 0) is 62.2 Å². The van der Waals surface area contributed by atoms with E-state index in [4.69, 9.17) is 26.1 Å². The molecule has 0 saturated carbocycles. The largest absolute Gasteiger partial charge is 0.618 e. The van der Waals surface area contributed by atoms with Crippen LogP contribution in [0.2, 0.25) is 5.02 Å². The molecule has 17 heteroatoms. The molecule has 0 aliphatic carbocycles. The number of fused-ring (bicyclic) bond motifs is 4. The van der Waals surface area contributed by atoms with Gasteiger partial charge in [-0.1, -0.05) is 31.9 Å². The molecule has 1 aliphatic heterocycles. The summed E-state index contributed by atoms with van der Waals surface area (Å²) >= 11 is 6.31. The number of hydrogen-bond acceptors (Lipinski definition) is 8. The Morgan fingerprint density at radius 1 is 1.15 bits per heavy atom. The molecule has 0 spiro atoms. The number of hydrogen-bond donors (Lipinski definition) is 3. The van der Waals surface area contributed by atoms with Crippen LogP contribution in [0, 0.1) is 10.6 Å². The van der Waals surface area contributed by atoms with Crippen molar-refractivity contribution in [1.29, 1.82) is 0 Å². The Morgan fingerprint density at radius 3 is 2.61 bits per heavy atom. The number of nitrogens with zero attached hydrogens (tertiary/aromatic N) is 4. The molecule has 5 aromatic rings. The molecule has 0 fully saturated rings. The van der Waals surface area contributed by atoms with Crippen molar-refractivity contribution in [3.8, 4) is 28.1 Å². The molecule has 282 valence electrons. The number of halogens is 4. The second-order valence-corrected chi connectivity index (χ2v) is 13.7. The Morgan fingerprint density at radius 2 is 1.93 bits per heavy atom. The second kappa shape index (κ2) is 14.9. The van der Waals surface area contributed by atoms with E-state index in [1.807, 2.05) is 0 Å². The molecule has 1 aliphatic rings. The second-order valence-electron chi connectivity index (χ2n) is 13.2. The molecule has 4 heterocycles. The summed E-state index contributed by atoms with van der Waals surface area (Å²) in [5.74, 6) is -1.50. The number of aromatic amines is 1. The number of esters is 1. The van der Waals surface area contributed by atoms with Crippen LogP contribution in [-0.2, 0) is 20.4 Å². The van der Waals surface area contributed by atoms with Gasteiger partial charge in [0, 0.05) is 45.1 Å². The van der Waals surface area contributed by atoms with Gasteiger partial charge >= 0.3 is 18.2 Å². The number of pyridine rings is 1. The molecule has 0 saturated heterocycles. The highest BCUT2D eigenvalue weighted by Crippen LogP contribution is 2.39. The van der Waals surface area contributed by atoms with Crippen LogP contribution in [-0.4, -0.2) is 51.4 Å². The molecular weight excluding hydrogens is 731 g/mol. The average Bonchev–Trinajstić information content (AvgIpc) is 3.79. The number of carbonyl (C=O) groups is 3. The number of alkyl halides is 3. The molecular formula is C37H35ClF3N7O6. The zero-order valence-corrected chi connectivity index (χ0v) is 30.3. The van der Waals surface area contributed by atoms with Crippen molar-refractivity contribution < 1.29 is 41.8 Å². The van der Waals surface area contributed by atoms with E-state index in [0.29, 0.717) is 52.6 Å². The number of anilines is 2. The molecule has 0 radical (unpaired) electrons. The van der Waals surface area contributed by atoms with E-state index in [2.05, 4.69) is 20.7 Å². The Hall–Kier alpha value is -5.90. The van der Waals surface area contributed by atoms with Crippen molar-refractivity contribution in [2.75, 3.05) is 24.4 Å². The summed E-state index contributed by atoms with van der Waals surface area (Å²) in [5, 5.41) is 23.7. The Kier molecular flexibility index (Phi) is 10.4. The summed E-state index contributed by atoms with van der Waals surface area (Å²) in [7, 11) is 1.21. The standard InChI is InChI=1S/C37H35ClF3N7O6/c1-5-54-33(49)31-30-24-11-10-23(43-35(51)53-4)16-27(24)44-34(50)36(2,3)14-6-7-25(32(45-30)46-31)29-12-8-20(18-48(29)52)26-15-22(38)9-13-28(26)47-19-21(17-42-47)37(39,40)41/h8-13,15-19,25H,5-7,14H2,1-4H3,(H,43,51)(H,44,50)(H,45,46)/t25-/m1/s1. The fourth-order valence-electron chi connectivity index (χ4n) is 6.24. The number of rotatable bonds is 6. The third kappa shape index (κ3) is 7.74. The van der Waals surface area contributed by atoms with E-state index in [1.54, 1.807) is 45.0 Å². The molecule has 54 heavy (non-hydrogen) atoms. The molecule has 2 bridgehead atoms. The summed E-state index contributed by atoms with van der Waals surface area (Å²) in [5.41, 5.74) is 0.384. The number of aromatic nitrogens is 5. The summed E-state index contributed by atoms with van der Waals surface area (Å²) in [6.07, 6.45) is -1.31. The Balaban J connectivity index is 1.48. The molecule has 3 aromatic heterocycles. The lowest BCUT2D eigenvalue weighted by Crippen LogP contribution is -2.34. The number of carbonyl (C=O) groups excluding carboxylic acids is 3. The number of amides is 2. The Labute approximate surface area is 312 Å². The van der Waals surface area contributed by atoms with Crippen molar-refractivity contribution >= 4 is 40.9 Å². The van der Waals surface area contributed by atoms with Crippen LogP contribution in [0.15, 0.2) is 67.1 Å². The normalized spacial score (nSPS) is 15.6. The maximum Gasteiger partial charge on any atom is 0.419 e. The van der Waals surface area contributed by atoms with Crippen LogP contribution in [0.25, 0.3) is 28.1 Å². The van der Waals surface area contributed by atoms with Crippen LogP contribution >= 0.6 is 11.6 Å². The lowest BCUT2D eigenvalue weighted by Gasteiger charge is -2.26. The van der Waals surface area contributed by atoms with Gasteiger partial charge in [0.2, 0.25) is 11.6 Å². The zero-order chi connectivity index (χ0) is 38.9. The summed E-state index contributed by atoms with van der Waals surface area (Å²) in [6, 6.07) is 12.4. The van der Waals surface area contributed by atoms with Crippen LogP contribution in [0.4, 0.5) is 29.3 Å². The SMILES string of the molecule is CCOC(=O)c1[nH]c2nc1-c1ccc(NC(=O)OC)cc1NC(=O)C(C)(C)CCC[C@@H]2c1ccc(-c2cc(Cl)ccc2-n2cc(C(F)(F)F)cn2)c[n+]1[O-]. The smallest absolute Gasteiger partial charge is 0.419 e. The third-order valence-corrected chi connectivity index (χ3v) is 9.36. The first kappa shape index (κ1) is 37.8. The summed E-state index contributed by atoms with van der Waals surface area (Å²) < 4.78 is 52.0. The number of methoxy groups -OCH3 is 1. The number of H-pyrrole nitrogens is 1. The maximum absolute atomic E-state index is 14.0. The van der Waals surface area contributed by atoms with E-state index < -0.39 is 35.1 Å². The first-order valence-electron chi connectivity index (χ1n) is 16.8. The topological polar surface area (TPSA) is 167 Å². The van der Waals surface area contributed by atoms with E-state index >= 15 is 0 Å². The number of imidazole rings is 1. The molecule has 0 unspecified atom stereocenters. The maximum atomic E-state index is 14.0. The minimum Gasteiger partial charge on any atom is -0.618 e. The third-order valence-electron chi connectivity index (χ3n) is 9.12. The van der Waals surface area contributed by atoms with Gasteiger partial charge in [-0.3, -0.25) is 10.1 Å². The highest BCUT2D eigenvalue weighted by molar-refractivity contribution is 6.31. The van der Waals surface area contributed by atoms with Crippen molar-refractivity contribution in [3.63, 3.8) is 0 Å². The molecule has 2 amide bonds. The van der Waals surface area contributed by atoms with Gasteiger partial charge in [-0.15, -0.1) is 0 Å². The molecule has 3 N–H and O–H groups in total. The van der Waals surface area contributed by atoms with Crippen molar-refractivity contribution in [2.45, 2.75) is 52.1 Å². The lowest BCUT2D eigenvalue weighted by atomic mass is 9.83. The van der Waals surface area contributed by atoms with Gasteiger partial charge < -0.3 is 25.0 Å². The summed E-state index contributed by atoms with van der Waals surface area (Å²) in [4.78, 5) is 47.0. The van der Waals surface area contributed by atoms with Crippen LogP contribution in [0.1, 0.15) is 73.5 Å². The highest BCUT2D eigenvalue weighted by atomic mass is 35.5. The predicted molar refractivity (Wildman–Crippen MR) is 192 cm³/mol. The van der Waals surface area contributed by atoms with Gasteiger partial charge in [0.15, 0.2) is 11.9 Å². The van der Waals surface area contributed by atoms with Gasteiger partial charge in [-0.2, -0.15) is 23.0 Å². The highest BCUT2D eigenvalue weighted by Gasteiger charge is 2.35. The van der Waals surface area contributed by atoms with Gasteiger partial charge in [0.25, 0.3) is 0 Å². The Bertz CT molecular complexity index is 2250. The van der Waals surface area contributed by atoms with E-state index in [0.717, 1.165) is 10.9 Å². The van der Waals surface area contributed by atoms with E-state index in [1.165, 1.54) is 37.6 Å². The van der Waals surface area contributed by atoms with Crippen LogP contribution in [0.5, 0.6) is 0 Å². The molecule has 13 nitrogen and oxygen atoms in total. The number of ether oxygens (including phenoxy) is 2. The average molecular weight is 766 g/mol. The zero-order valence-electron chi connectivity index (χ0n) is 29.5. The monoisotopic (exact) mass is 765 g/mol. The molecule has 6 rings (SSSR count). The van der Waals surface area contributed by atoms with Crippen LogP contribution in [0.3, 0.4) is 0 Å². The first-order valence-corrected chi connectivity index (χ1v) is 17.2. The van der Waals surface area contributed by atoms with Crippen molar-refractivity contribution in [1.82, 2.24) is 19.7 Å². The van der Waals surface area contributed by atoms with Gasteiger partial charge in [0.1, 0.15) is 17.4 Å². The molecule has 2 aromatic carbocycles. The fraction of sp³-hybridized carbons (Fsp3) is 0.297. The van der Waals surface area contributed by atoms with E-state index in [-0.39, 0.29) is 51.8 Å². The van der Waals surface area contributed by atoms with Crippen molar-refractivity contribution in [3.05, 3.63) is 100 Å². The minimum atomic E-state index is -4.61. The van der Waals surface area contributed by atoms with E-state index in [9.17, 15) is 32.8 Å². The van der Waals surface area contributed by atoms with Crippen LogP contribution < -0.4 is 15.4 Å². The quantitative estimate of drug-likeness (QED) is 0.0892. The van der Waals surface area contributed by atoms with Crippen molar-refractivity contribution in [2.24, 2.45) is 5.41 Å². The number of benzene rings is 2. The number of nitrogens with one attached hydrogen (secondary N) is 3. The van der Waals surface area contributed by atoms with Gasteiger partial charge in [-0.25, -0.2) is 19.3 Å². The fourth-order valence-corrected chi connectivity index (χ4v) is 6.42. The van der Waals surface area contributed by atoms with Gasteiger partial charge in [0.05, 0.1) is 36.9 Å². The first-order chi connectivity index (χ1) is 25.6.